The van der Waals surface area contributed by atoms with Gasteiger partial charge in [0.15, 0.2) is 0 Å². The quantitative estimate of drug-likeness (QED) is 0.843. The van der Waals surface area contributed by atoms with E-state index >= 15 is 0 Å². The number of hydrogen-bond acceptors (Lipinski definition) is 3. The zero-order chi connectivity index (χ0) is 15.4. The Morgan fingerprint density at radius 1 is 1.05 bits per heavy atom. The van der Waals surface area contributed by atoms with Crippen molar-refractivity contribution in [1.82, 2.24) is 4.90 Å². The van der Waals surface area contributed by atoms with Crippen molar-refractivity contribution < 1.29 is 9.47 Å². The first-order valence-electron chi connectivity index (χ1n) is 7.61. The van der Waals surface area contributed by atoms with Gasteiger partial charge in [0.25, 0.3) is 0 Å². The van der Waals surface area contributed by atoms with Crippen molar-refractivity contribution in [3.05, 3.63) is 66.1 Å². The molecule has 0 bridgehead atoms. The van der Waals surface area contributed by atoms with E-state index in [0.717, 1.165) is 31.1 Å². The van der Waals surface area contributed by atoms with Gasteiger partial charge in [-0.15, -0.1) is 0 Å². The highest BCUT2D eigenvalue weighted by Gasteiger charge is 2.26. The maximum atomic E-state index is 5.52. The Bertz CT molecular complexity index is 612. The van der Waals surface area contributed by atoms with E-state index in [2.05, 4.69) is 47.7 Å². The lowest BCUT2D eigenvalue weighted by atomic mass is 9.97. The molecule has 1 atom stereocenters. The summed E-state index contributed by atoms with van der Waals surface area (Å²) in [5.41, 5.74) is 2.56. The van der Waals surface area contributed by atoms with Crippen molar-refractivity contribution in [3.63, 3.8) is 0 Å². The topological polar surface area (TPSA) is 21.7 Å². The first-order chi connectivity index (χ1) is 10.8. The molecule has 1 heterocycles. The Hall–Kier alpha value is -2.00. The molecule has 1 unspecified atom stereocenters. The van der Waals surface area contributed by atoms with E-state index in [1.165, 1.54) is 11.1 Å². The molecule has 1 aliphatic heterocycles. The number of likely N-dealkylation sites (tertiary alicyclic amines) is 1. The molecule has 0 amide bonds. The van der Waals surface area contributed by atoms with E-state index in [4.69, 9.17) is 9.47 Å². The van der Waals surface area contributed by atoms with Crippen LogP contribution >= 0.6 is 0 Å². The fourth-order valence-corrected chi connectivity index (χ4v) is 3.03. The molecular formula is C19H22NO2. The van der Waals surface area contributed by atoms with Crippen LogP contribution in [0.3, 0.4) is 0 Å². The summed E-state index contributed by atoms with van der Waals surface area (Å²) in [6, 6.07) is 16.6. The molecule has 3 heteroatoms. The molecule has 1 radical (unpaired) electrons. The number of rotatable bonds is 5. The predicted molar refractivity (Wildman–Crippen MR) is 88.3 cm³/mol. The molecule has 2 aromatic rings. The van der Waals surface area contributed by atoms with Gasteiger partial charge in [0.2, 0.25) is 0 Å². The third-order valence-electron chi connectivity index (χ3n) is 4.19. The van der Waals surface area contributed by atoms with Gasteiger partial charge in [-0.1, -0.05) is 30.3 Å². The number of benzene rings is 2. The first kappa shape index (κ1) is 14.9. The highest BCUT2D eigenvalue weighted by Crippen LogP contribution is 2.35. The van der Waals surface area contributed by atoms with E-state index < -0.39 is 0 Å². The average molecular weight is 296 g/mol. The third-order valence-corrected chi connectivity index (χ3v) is 4.19. The predicted octanol–water partition coefficient (Wildman–Crippen LogP) is 3.51. The molecule has 3 nitrogen and oxygen atoms in total. The van der Waals surface area contributed by atoms with Crippen LogP contribution in [0.4, 0.5) is 0 Å². The fourth-order valence-electron chi connectivity index (χ4n) is 3.03. The lowest BCUT2D eigenvalue weighted by Gasteiger charge is -2.18. The fraction of sp³-hybridized carbons (Fsp3) is 0.316. The van der Waals surface area contributed by atoms with E-state index in [1.807, 2.05) is 12.1 Å². The van der Waals surface area contributed by atoms with E-state index in [-0.39, 0.29) is 0 Å². The van der Waals surface area contributed by atoms with Gasteiger partial charge in [0.1, 0.15) is 11.5 Å². The summed E-state index contributed by atoms with van der Waals surface area (Å²) >= 11 is 0. The number of nitrogens with zero attached hydrogens (tertiary/aromatic N) is 1. The van der Waals surface area contributed by atoms with Crippen LogP contribution in [-0.2, 0) is 6.54 Å². The molecule has 0 N–H and O–H groups in total. The largest absolute Gasteiger partial charge is 0.497 e. The molecule has 115 valence electrons. The Morgan fingerprint density at radius 3 is 2.59 bits per heavy atom. The van der Waals surface area contributed by atoms with Gasteiger partial charge < -0.3 is 9.47 Å². The van der Waals surface area contributed by atoms with Crippen LogP contribution in [0.2, 0.25) is 0 Å². The van der Waals surface area contributed by atoms with Crippen LogP contribution in [0.15, 0.2) is 48.5 Å². The minimum atomic E-state index is 0.383. The monoisotopic (exact) mass is 296 g/mol. The van der Waals surface area contributed by atoms with Crippen molar-refractivity contribution in [2.75, 3.05) is 27.3 Å². The number of methoxy groups -OCH3 is 2. The van der Waals surface area contributed by atoms with Crippen LogP contribution < -0.4 is 9.47 Å². The zero-order valence-electron chi connectivity index (χ0n) is 13.2. The van der Waals surface area contributed by atoms with Crippen LogP contribution in [-0.4, -0.2) is 32.2 Å². The van der Waals surface area contributed by atoms with Gasteiger partial charge >= 0.3 is 0 Å². The van der Waals surface area contributed by atoms with Crippen LogP contribution in [0, 0.1) is 6.42 Å². The number of ether oxygens (including phenoxy) is 2. The van der Waals surface area contributed by atoms with Gasteiger partial charge in [0, 0.05) is 31.1 Å². The average Bonchev–Trinajstić information content (AvgIpc) is 3.03. The van der Waals surface area contributed by atoms with Crippen molar-refractivity contribution in [2.45, 2.75) is 12.5 Å². The standard InChI is InChI=1S/C19H22NO2/c1-21-17-8-9-19(22-2)18(12-17)16-10-11-20(14-16)13-15-6-4-3-5-7-15/h3-10,12,16H,11,13-14H2,1-2H3. The van der Waals surface area contributed by atoms with Gasteiger partial charge in [-0.3, -0.25) is 4.90 Å². The van der Waals surface area contributed by atoms with Gasteiger partial charge in [0.05, 0.1) is 14.2 Å². The molecule has 2 aromatic carbocycles. The van der Waals surface area contributed by atoms with Crippen molar-refractivity contribution >= 4 is 0 Å². The lowest BCUT2D eigenvalue weighted by molar-refractivity contribution is 0.328. The molecule has 1 aliphatic rings. The highest BCUT2D eigenvalue weighted by atomic mass is 16.5. The summed E-state index contributed by atoms with van der Waals surface area (Å²) < 4.78 is 10.9. The maximum Gasteiger partial charge on any atom is 0.122 e. The smallest absolute Gasteiger partial charge is 0.122 e. The van der Waals surface area contributed by atoms with Gasteiger partial charge in [-0.25, -0.2) is 0 Å². The molecule has 22 heavy (non-hydrogen) atoms. The summed E-state index contributed by atoms with van der Waals surface area (Å²) in [5, 5.41) is 0. The molecule has 0 aromatic heterocycles. The van der Waals surface area contributed by atoms with Gasteiger partial charge in [-0.05, 0) is 30.2 Å². The second-order valence-electron chi connectivity index (χ2n) is 5.63. The second-order valence-corrected chi connectivity index (χ2v) is 5.63. The summed E-state index contributed by atoms with van der Waals surface area (Å²) in [4.78, 5) is 2.46. The molecule has 0 saturated carbocycles. The summed E-state index contributed by atoms with van der Waals surface area (Å²) in [7, 11) is 3.42. The molecular weight excluding hydrogens is 274 g/mol. The maximum absolute atomic E-state index is 5.52. The summed E-state index contributed by atoms with van der Waals surface area (Å²) in [5.74, 6) is 2.20. The molecule has 3 rings (SSSR count). The van der Waals surface area contributed by atoms with E-state index in [1.54, 1.807) is 14.2 Å². The SMILES string of the molecule is COc1ccc(OC)c(C2[CH]CN(Cc3ccccc3)C2)c1. The van der Waals surface area contributed by atoms with E-state index in [0.29, 0.717) is 5.92 Å². The highest BCUT2D eigenvalue weighted by molar-refractivity contribution is 5.44. The van der Waals surface area contributed by atoms with Crippen LogP contribution in [0.25, 0.3) is 0 Å². The van der Waals surface area contributed by atoms with E-state index in [9.17, 15) is 0 Å². The first-order valence-corrected chi connectivity index (χ1v) is 7.61. The minimum absolute atomic E-state index is 0.383. The van der Waals surface area contributed by atoms with Crippen molar-refractivity contribution in [1.29, 1.82) is 0 Å². The molecule has 1 saturated heterocycles. The zero-order valence-corrected chi connectivity index (χ0v) is 13.2. The molecule has 1 fully saturated rings. The van der Waals surface area contributed by atoms with Gasteiger partial charge in [-0.2, -0.15) is 0 Å². The van der Waals surface area contributed by atoms with Crippen molar-refractivity contribution in [2.24, 2.45) is 0 Å². The normalized spacial score (nSPS) is 18.4. The Labute approximate surface area is 132 Å². The van der Waals surface area contributed by atoms with Crippen molar-refractivity contribution in [3.8, 4) is 11.5 Å². The van der Waals surface area contributed by atoms with Crippen LogP contribution in [0.5, 0.6) is 11.5 Å². The Balaban J connectivity index is 1.72. The molecule has 0 aliphatic carbocycles. The molecule has 0 spiro atoms. The Morgan fingerprint density at radius 2 is 1.86 bits per heavy atom. The lowest BCUT2D eigenvalue weighted by Crippen LogP contribution is -2.19. The summed E-state index contributed by atoms with van der Waals surface area (Å²) in [6.45, 7) is 3.00. The minimum Gasteiger partial charge on any atom is -0.497 e. The number of hydrogen-bond donors (Lipinski definition) is 0. The second kappa shape index (κ2) is 6.84. The summed E-state index contributed by atoms with van der Waals surface area (Å²) in [6.07, 6.45) is 2.36. The third kappa shape index (κ3) is 3.25. The van der Waals surface area contributed by atoms with Crippen LogP contribution in [0.1, 0.15) is 17.0 Å². The Kier molecular flexibility index (Phi) is 4.64.